The predicted molar refractivity (Wildman–Crippen MR) is 107 cm³/mol. The quantitative estimate of drug-likeness (QED) is 0.438. The monoisotopic (exact) mass is 395 g/mol. The molecule has 0 radical (unpaired) electrons. The topological polar surface area (TPSA) is 117 Å². The van der Waals surface area contributed by atoms with Gasteiger partial charge in [0.1, 0.15) is 10.8 Å². The van der Waals surface area contributed by atoms with E-state index in [9.17, 15) is 14.7 Å². The van der Waals surface area contributed by atoms with E-state index in [1.54, 1.807) is 36.4 Å². The van der Waals surface area contributed by atoms with Crippen molar-refractivity contribution in [2.75, 3.05) is 5.32 Å². The van der Waals surface area contributed by atoms with E-state index >= 15 is 0 Å². The van der Waals surface area contributed by atoms with Gasteiger partial charge in [-0.2, -0.15) is 5.10 Å². The highest BCUT2D eigenvalue weighted by molar-refractivity contribution is 7.15. The van der Waals surface area contributed by atoms with Crippen molar-refractivity contribution in [3.63, 3.8) is 0 Å². The Bertz CT molecular complexity index is 1030. The van der Waals surface area contributed by atoms with Gasteiger partial charge in [0, 0.05) is 11.1 Å². The van der Waals surface area contributed by atoms with E-state index in [1.165, 1.54) is 12.3 Å². The van der Waals surface area contributed by atoms with Crippen LogP contribution in [-0.2, 0) is 11.2 Å². The number of carbonyl (C=O) groups is 2. The lowest BCUT2D eigenvalue weighted by atomic mass is 10.1. The lowest BCUT2D eigenvalue weighted by Gasteiger charge is -2.01. The van der Waals surface area contributed by atoms with E-state index in [0.29, 0.717) is 21.3 Å². The summed E-state index contributed by atoms with van der Waals surface area (Å²) in [7, 11) is 0. The molecule has 2 aromatic carbocycles. The van der Waals surface area contributed by atoms with Crippen molar-refractivity contribution >= 4 is 34.5 Å². The van der Waals surface area contributed by atoms with Crippen molar-refractivity contribution in [3.8, 4) is 5.75 Å². The largest absolute Gasteiger partial charge is 0.507 e. The minimum Gasteiger partial charge on any atom is -0.507 e. The van der Waals surface area contributed by atoms with Crippen LogP contribution in [0.3, 0.4) is 0 Å². The number of phenolic OH excluding ortho intramolecular Hbond substituents is 1. The number of amides is 2. The molecule has 2 amide bonds. The molecular formula is C19H17N5O3S. The molecule has 1 aromatic heterocycles. The van der Waals surface area contributed by atoms with E-state index in [-0.39, 0.29) is 24.0 Å². The number of rotatable bonds is 6. The molecular weight excluding hydrogens is 378 g/mol. The average Bonchev–Trinajstić information content (AvgIpc) is 3.10. The zero-order valence-electron chi connectivity index (χ0n) is 14.9. The summed E-state index contributed by atoms with van der Waals surface area (Å²) >= 11 is 1.11. The number of aromatic hydroxyl groups is 1. The molecule has 3 aromatic rings. The fourth-order valence-corrected chi connectivity index (χ4v) is 3.01. The highest BCUT2D eigenvalue weighted by Crippen LogP contribution is 2.17. The minimum absolute atomic E-state index is 0.0317. The number of anilines is 1. The molecule has 0 fully saturated rings. The van der Waals surface area contributed by atoms with Crippen LogP contribution in [0.4, 0.5) is 5.13 Å². The number of nitrogens with one attached hydrogen (secondary N) is 2. The van der Waals surface area contributed by atoms with E-state index in [1.807, 2.05) is 13.0 Å². The number of nitrogens with zero attached hydrogens (tertiary/aromatic N) is 3. The Hall–Kier alpha value is -3.59. The van der Waals surface area contributed by atoms with Crippen molar-refractivity contribution in [1.82, 2.24) is 15.6 Å². The lowest BCUT2D eigenvalue weighted by Crippen LogP contribution is -2.19. The Morgan fingerprint density at radius 2 is 2.00 bits per heavy atom. The summed E-state index contributed by atoms with van der Waals surface area (Å²) in [5.74, 6) is -0.610. The summed E-state index contributed by atoms with van der Waals surface area (Å²) in [5, 5.41) is 24.6. The van der Waals surface area contributed by atoms with E-state index < -0.39 is 0 Å². The molecule has 1 heterocycles. The van der Waals surface area contributed by atoms with Crippen LogP contribution >= 0.6 is 11.3 Å². The second-order valence-corrected chi connectivity index (χ2v) is 6.92. The van der Waals surface area contributed by atoms with Crippen molar-refractivity contribution in [2.45, 2.75) is 13.3 Å². The predicted octanol–water partition coefficient (Wildman–Crippen LogP) is 2.50. The molecule has 3 N–H and O–H groups in total. The third kappa shape index (κ3) is 5.21. The first-order valence-corrected chi connectivity index (χ1v) is 9.13. The van der Waals surface area contributed by atoms with Gasteiger partial charge >= 0.3 is 0 Å². The molecule has 0 atom stereocenters. The van der Waals surface area contributed by atoms with Crippen LogP contribution in [0.1, 0.15) is 26.5 Å². The maximum absolute atomic E-state index is 12.2. The molecule has 0 saturated carbocycles. The number of hydrazone groups is 1. The third-order valence-electron chi connectivity index (χ3n) is 3.61. The SMILES string of the molecule is Cc1cccc(C(=O)Nc2nnc(CC(=O)N/N=C\c3ccccc3O)s2)c1. The van der Waals surface area contributed by atoms with Gasteiger partial charge in [-0.1, -0.05) is 41.2 Å². The summed E-state index contributed by atoms with van der Waals surface area (Å²) < 4.78 is 0. The summed E-state index contributed by atoms with van der Waals surface area (Å²) in [6.07, 6.45) is 1.32. The molecule has 28 heavy (non-hydrogen) atoms. The van der Waals surface area contributed by atoms with Crippen LogP contribution in [0.5, 0.6) is 5.75 Å². The number of para-hydroxylation sites is 1. The van der Waals surface area contributed by atoms with E-state index in [0.717, 1.165) is 16.9 Å². The molecule has 3 rings (SSSR count). The van der Waals surface area contributed by atoms with Gasteiger partial charge in [0.05, 0.1) is 12.6 Å². The van der Waals surface area contributed by atoms with Crippen LogP contribution in [-0.4, -0.2) is 33.3 Å². The highest BCUT2D eigenvalue weighted by atomic mass is 32.1. The Labute approximate surface area is 165 Å². The Morgan fingerprint density at radius 1 is 1.18 bits per heavy atom. The molecule has 0 aliphatic heterocycles. The summed E-state index contributed by atoms with van der Waals surface area (Å²) in [5.41, 5.74) is 4.35. The molecule has 142 valence electrons. The van der Waals surface area contributed by atoms with Gasteiger partial charge in [-0.15, -0.1) is 10.2 Å². The van der Waals surface area contributed by atoms with Crippen LogP contribution < -0.4 is 10.7 Å². The summed E-state index contributed by atoms with van der Waals surface area (Å²) in [6, 6.07) is 13.8. The van der Waals surface area contributed by atoms with Gasteiger partial charge in [-0.25, -0.2) is 5.43 Å². The first-order chi connectivity index (χ1) is 13.5. The van der Waals surface area contributed by atoms with Crippen molar-refractivity contribution in [1.29, 1.82) is 0 Å². The van der Waals surface area contributed by atoms with Crippen LogP contribution in [0.25, 0.3) is 0 Å². The molecule has 0 saturated heterocycles. The zero-order chi connectivity index (χ0) is 19.9. The third-order valence-corrected chi connectivity index (χ3v) is 4.45. The first kappa shape index (κ1) is 19.2. The van der Waals surface area contributed by atoms with Crippen LogP contribution in [0.2, 0.25) is 0 Å². The normalized spacial score (nSPS) is 10.8. The Balaban J connectivity index is 1.53. The standard InChI is InChI=1S/C19H17N5O3S/c1-12-5-4-7-13(9-12)18(27)21-19-24-23-17(28-19)10-16(26)22-20-11-14-6-2-3-8-15(14)25/h2-9,11,25H,10H2,1H3,(H,22,26)(H,21,24,27)/b20-11-. The second kappa shape index (κ2) is 8.87. The summed E-state index contributed by atoms with van der Waals surface area (Å²) in [6.45, 7) is 1.90. The first-order valence-electron chi connectivity index (χ1n) is 8.31. The van der Waals surface area contributed by atoms with E-state index in [4.69, 9.17) is 0 Å². The highest BCUT2D eigenvalue weighted by Gasteiger charge is 2.12. The van der Waals surface area contributed by atoms with Crippen LogP contribution in [0.15, 0.2) is 53.6 Å². The Kier molecular flexibility index (Phi) is 6.07. The van der Waals surface area contributed by atoms with E-state index in [2.05, 4.69) is 26.0 Å². The number of hydrogen-bond donors (Lipinski definition) is 3. The van der Waals surface area contributed by atoms with Gasteiger partial charge in [-0.3, -0.25) is 14.9 Å². The van der Waals surface area contributed by atoms with Gasteiger partial charge in [-0.05, 0) is 31.2 Å². The number of hydrogen-bond acceptors (Lipinski definition) is 7. The van der Waals surface area contributed by atoms with Crippen molar-refractivity contribution in [2.24, 2.45) is 5.10 Å². The molecule has 0 aliphatic rings. The van der Waals surface area contributed by atoms with Crippen LogP contribution in [0, 0.1) is 6.92 Å². The average molecular weight is 395 g/mol. The maximum Gasteiger partial charge on any atom is 0.257 e. The second-order valence-electron chi connectivity index (χ2n) is 5.85. The number of aromatic nitrogens is 2. The molecule has 0 unspecified atom stereocenters. The number of carbonyl (C=O) groups excluding carboxylic acids is 2. The number of benzene rings is 2. The van der Waals surface area contributed by atoms with Gasteiger partial charge in [0.25, 0.3) is 5.91 Å². The van der Waals surface area contributed by atoms with Crippen molar-refractivity contribution in [3.05, 3.63) is 70.2 Å². The van der Waals surface area contributed by atoms with Gasteiger partial charge in [0.15, 0.2) is 0 Å². The molecule has 9 heteroatoms. The fraction of sp³-hybridized carbons (Fsp3) is 0.105. The number of phenols is 1. The smallest absolute Gasteiger partial charge is 0.257 e. The molecule has 0 bridgehead atoms. The Morgan fingerprint density at radius 3 is 2.79 bits per heavy atom. The molecule has 8 nitrogen and oxygen atoms in total. The zero-order valence-corrected chi connectivity index (χ0v) is 15.7. The molecule has 0 aliphatic carbocycles. The molecule has 0 spiro atoms. The van der Waals surface area contributed by atoms with Gasteiger partial charge < -0.3 is 5.11 Å². The maximum atomic E-state index is 12.2. The number of aryl methyl sites for hydroxylation is 1. The minimum atomic E-state index is -0.389. The summed E-state index contributed by atoms with van der Waals surface area (Å²) in [4.78, 5) is 24.2. The van der Waals surface area contributed by atoms with Gasteiger partial charge in [0.2, 0.25) is 11.0 Å². The fourth-order valence-electron chi connectivity index (χ4n) is 2.28. The van der Waals surface area contributed by atoms with Crippen molar-refractivity contribution < 1.29 is 14.7 Å². The lowest BCUT2D eigenvalue weighted by molar-refractivity contribution is -0.120.